The lowest BCUT2D eigenvalue weighted by molar-refractivity contribution is 0.284. The molecule has 2 rings (SSSR count). The summed E-state index contributed by atoms with van der Waals surface area (Å²) in [6.45, 7) is 5.37. The second-order valence-electron chi connectivity index (χ2n) is 3.98. The van der Waals surface area contributed by atoms with Gasteiger partial charge in [0.1, 0.15) is 0 Å². The fraction of sp³-hybridized carbons (Fsp3) is 0.385. The summed E-state index contributed by atoms with van der Waals surface area (Å²) in [6, 6.07) is 10.6. The smallest absolute Gasteiger partial charge is 0.0367 e. The van der Waals surface area contributed by atoms with Crippen molar-refractivity contribution in [2.75, 3.05) is 37.6 Å². The first-order chi connectivity index (χ1) is 7.90. The minimum atomic E-state index is 0.964. The predicted molar refractivity (Wildman–Crippen MR) is 70.1 cm³/mol. The fourth-order valence-corrected chi connectivity index (χ4v) is 2.10. The lowest BCUT2D eigenvalue weighted by Crippen LogP contribution is -2.46. The molecular formula is C13H17ClN2. The summed E-state index contributed by atoms with van der Waals surface area (Å²) in [5, 5.41) is 0. The van der Waals surface area contributed by atoms with Crippen LogP contribution in [0.15, 0.2) is 41.9 Å². The van der Waals surface area contributed by atoms with Crippen LogP contribution in [0.25, 0.3) is 0 Å². The molecule has 16 heavy (non-hydrogen) atoms. The van der Waals surface area contributed by atoms with Crippen molar-refractivity contribution in [1.82, 2.24) is 4.90 Å². The molecule has 1 fully saturated rings. The Labute approximate surface area is 102 Å². The second-order valence-corrected chi connectivity index (χ2v) is 4.24. The number of nitrogens with zero attached hydrogens (tertiary/aromatic N) is 2. The van der Waals surface area contributed by atoms with Crippen LogP contribution in [0.5, 0.6) is 0 Å². The number of anilines is 1. The third-order valence-electron chi connectivity index (χ3n) is 2.95. The fourth-order valence-electron chi connectivity index (χ4n) is 2.02. The Kier molecular flexibility index (Phi) is 4.25. The maximum absolute atomic E-state index is 5.53. The Morgan fingerprint density at radius 1 is 1.06 bits per heavy atom. The average molecular weight is 237 g/mol. The molecule has 1 aliphatic heterocycles. The zero-order valence-electron chi connectivity index (χ0n) is 9.35. The molecule has 1 heterocycles. The molecule has 2 nitrogen and oxygen atoms in total. The molecule has 86 valence electrons. The first-order valence-electron chi connectivity index (χ1n) is 5.68. The van der Waals surface area contributed by atoms with Crippen molar-refractivity contribution < 1.29 is 0 Å². The molecule has 0 aliphatic carbocycles. The van der Waals surface area contributed by atoms with E-state index >= 15 is 0 Å². The standard InChI is InChI=1S/C13H17ClN2/c14-7-4-8-15-9-11-16(12-10-15)13-5-2-1-3-6-13/h1-7H,8-12H2/b7-4+. The summed E-state index contributed by atoms with van der Waals surface area (Å²) in [5.74, 6) is 0. The van der Waals surface area contributed by atoms with Gasteiger partial charge in [-0.05, 0) is 12.1 Å². The van der Waals surface area contributed by atoms with Crippen molar-refractivity contribution in [3.8, 4) is 0 Å². The SMILES string of the molecule is Cl/C=C/CN1CCN(c2ccccc2)CC1. The van der Waals surface area contributed by atoms with Crippen molar-refractivity contribution in [2.24, 2.45) is 0 Å². The molecule has 0 amide bonds. The third-order valence-corrected chi connectivity index (χ3v) is 3.12. The van der Waals surface area contributed by atoms with E-state index in [2.05, 4.69) is 40.1 Å². The predicted octanol–water partition coefficient (Wildman–Crippen LogP) is 2.56. The number of halogens is 1. The summed E-state index contributed by atoms with van der Waals surface area (Å²) < 4.78 is 0. The molecule has 0 aromatic heterocycles. The first kappa shape index (κ1) is 11.5. The monoisotopic (exact) mass is 236 g/mol. The summed E-state index contributed by atoms with van der Waals surface area (Å²) in [7, 11) is 0. The number of benzene rings is 1. The molecule has 1 aromatic rings. The highest BCUT2D eigenvalue weighted by Gasteiger charge is 2.15. The zero-order chi connectivity index (χ0) is 11.2. The molecule has 0 bridgehead atoms. The molecule has 1 aliphatic rings. The average Bonchev–Trinajstić information content (AvgIpc) is 2.38. The molecule has 1 aromatic carbocycles. The highest BCUT2D eigenvalue weighted by molar-refractivity contribution is 6.25. The van der Waals surface area contributed by atoms with Crippen LogP contribution in [-0.2, 0) is 0 Å². The van der Waals surface area contributed by atoms with Crippen LogP contribution in [0.4, 0.5) is 5.69 Å². The van der Waals surface area contributed by atoms with E-state index in [0.29, 0.717) is 0 Å². The molecule has 0 atom stereocenters. The number of para-hydroxylation sites is 1. The van der Waals surface area contributed by atoms with Gasteiger partial charge in [-0.15, -0.1) is 0 Å². The molecule has 0 N–H and O–H groups in total. The normalized spacial score (nSPS) is 18.2. The number of piperazine rings is 1. The Bertz CT molecular complexity index is 329. The van der Waals surface area contributed by atoms with Crippen LogP contribution >= 0.6 is 11.6 Å². The third kappa shape index (κ3) is 3.00. The number of rotatable bonds is 3. The number of hydrogen-bond acceptors (Lipinski definition) is 2. The van der Waals surface area contributed by atoms with E-state index in [-0.39, 0.29) is 0 Å². The van der Waals surface area contributed by atoms with Gasteiger partial charge in [0.15, 0.2) is 0 Å². The van der Waals surface area contributed by atoms with Gasteiger partial charge >= 0.3 is 0 Å². The molecule has 1 saturated heterocycles. The molecule has 0 saturated carbocycles. The topological polar surface area (TPSA) is 6.48 Å². The highest BCUT2D eigenvalue weighted by Crippen LogP contribution is 2.15. The zero-order valence-corrected chi connectivity index (χ0v) is 10.1. The lowest BCUT2D eigenvalue weighted by Gasteiger charge is -2.35. The van der Waals surface area contributed by atoms with Crippen LogP contribution in [-0.4, -0.2) is 37.6 Å². The number of hydrogen-bond donors (Lipinski definition) is 0. The van der Waals surface area contributed by atoms with Crippen molar-refractivity contribution in [1.29, 1.82) is 0 Å². The highest BCUT2D eigenvalue weighted by atomic mass is 35.5. The van der Waals surface area contributed by atoms with Gasteiger partial charge in [-0.3, -0.25) is 4.90 Å². The maximum atomic E-state index is 5.53. The molecule has 3 heteroatoms. The largest absolute Gasteiger partial charge is 0.369 e. The summed E-state index contributed by atoms with van der Waals surface area (Å²) in [5.41, 5.74) is 2.93. The Hall–Kier alpha value is -0.990. The summed E-state index contributed by atoms with van der Waals surface area (Å²) >= 11 is 5.53. The summed E-state index contributed by atoms with van der Waals surface area (Å²) in [4.78, 5) is 4.85. The van der Waals surface area contributed by atoms with E-state index in [1.54, 1.807) is 5.54 Å². The van der Waals surface area contributed by atoms with Crippen LogP contribution in [0, 0.1) is 0 Å². The van der Waals surface area contributed by atoms with E-state index < -0.39 is 0 Å². The minimum Gasteiger partial charge on any atom is -0.369 e. The van der Waals surface area contributed by atoms with E-state index in [1.165, 1.54) is 5.69 Å². The lowest BCUT2D eigenvalue weighted by atomic mass is 10.2. The quantitative estimate of drug-likeness (QED) is 0.796. The van der Waals surface area contributed by atoms with Crippen molar-refractivity contribution in [2.45, 2.75) is 0 Å². The Morgan fingerprint density at radius 3 is 2.38 bits per heavy atom. The van der Waals surface area contributed by atoms with Gasteiger partial charge in [-0.1, -0.05) is 35.9 Å². The molecular weight excluding hydrogens is 220 g/mol. The van der Waals surface area contributed by atoms with Crippen molar-refractivity contribution >= 4 is 17.3 Å². The minimum absolute atomic E-state index is 0.964. The van der Waals surface area contributed by atoms with Crippen LogP contribution in [0.1, 0.15) is 0 Å². The second kappa shape index (κ2) is 5.92. The van der Waals surface area contributed by atoms with Crippen LogP contribution in [0.3, 0.4) is 0 Å². The van der Waals surface area contributed by atoms with Gasteiger partial charge < -0.3 is 4.90 Å². The van der Waals surface area contributed by atoms with Gasteiger partial charge in [-0.2, -0.15) is 0 Å². The van der Waals surface area contributed by atoms with Crippen molar-refractivity contribution in [3.63, 3.8) is 0 Å². The van der Waals surface area contributed by atoms with E-state index in [1.807, 2.05) is 6.08 Å². The Morgan fingerprint density at radius 2 is 1.75 bits per heavy atom. The van der Waals surface area contributed by atoms with Gasteiger partial charge in [0, 0.05) is 43.9 Å². The van der Waals surface area contributed by atoms with Crippen LogP contribution in [0.2, 0.25) is 0 Å². The van der Waals surface area contributed by atoms with Gasteiger partial charge in [0.05, 0.1) is 0 Å². The molecule has 0 spiro atoms. The van der Waals surface area contributed by atoms with Gasteiger partial charge in [-0.25, -0.2) is 0 Å². The van der Waals surface area contributed by atoms with E-state index in [4.69, 9.17) is 11.6 Å². The van der Waals surface area contributed by atoms with Crippen molar-refractivity contribution in [3.05, 3.63) is 41.9 Å². The maximum Gasteiger partial charge on any atom is 0.0367 e. The van der Waals surface area contributed by atoms with E-state index in [9.17, 15) is 0 Å². The van der Waals surface area contributed by atoms with Gasteiger partial charge in [0.25, 0.3) is 0 Å². The Balaban J connectivity index is 1.86. The summed E-state index contributed by atoms with van der Waals surface area (Å²) in [6.07, 6.45) is 2.00. The molecule has 0 radical (unpaired) electrons. The first-order valence-corrected chi connectivity index (χ1v) is 6.11. The van der Waals surface area contributed by atoms with Crippen LogP contribution < -0.4 is 4.90 Å². The molecule has 0 unspecified atom stereocenters. The van der Waals surface area contributed by atoms with E-state index in [0.717, 1.165) is 32.7 Å². The van der Waals surface area contributed by atoms with Gasteiger partial charge in [0.2, 0.25) is 0 Å².